The van der Waals surface area contributed by atoms with E-state index in [1.165, 1.54) is 11.8 Å². The van der Waals surface area contributed by atoms with Crippen LogP contribution in [0.25, 0.3) is 0 Å². The van der Waals surface area contributed by atoms with Crippen molar-refractivity contribution in [3.63, 3.8) is 0 Å². The van der Waals surface area contributed by atoms with Crippen molar-refractivity contribution in [2.75, 3.05) is 12.3 Å². The molecule has 0 atom stereocenters. The molecule has 5 nitrogen and oxygen atoms in total. The van der Waals surface area contributed by atoms with E-state index in [0.29, 0.717) is 6.54 Å². The van der Waals surface area contributed by atoms with Crippen LogP contribution in [0.2, 0.25) is 0 Å². The van der Waals surface area contributed by atoms with Gasteiger partial charge < -0.3 is 10.4 Å². The minimum absolute atomic E-state index is 0.0871. The summed E-state index contributed by atoms with van der Waals surface area (Å²) >= 11 is 1.38. The number of carbonyl (C=O) groups is 3. The van der Waals surface area contributed by atoms with Gasteiger partial charge in [-0.2, -0.15) is 0 Å². The van der Waals surface area contributed by atoms with E-state index >= 15 is 0 Å². The van der Waals surface area contributed by atoms with Crippen molar-refractivity contribution in [3.8, 4) is 0 Å². The van der Waals surface area contributed by atoms with Crippen LogP contribution >= 0.6 is 11.8 Å². The highest BCUT2D eigenvalue weighted by Gasteiger charge is 2.09. The lowest BCUT2D eigenvalue weighted by Gasteiger charge is -2.05. The van der Waals surface area contributed by atoms with Crippen LogP contribution in [0, 0.1) is 0 Å². The van der Waals surface area contributed by atoms with E-state index in [4.69, 9.17) is 5.11 Å². The largest absolute Gasteiger partial charge is 0.478 e. The molecule has 0 rings (SSSR count). The molecule has 0 spiro atoms. The Morgan fingerprint density at radius 3 is 2.19 bits per heavy atom. The smallest absolute Gasteiger partial charge is 0.331 e. The number of hydrogen-bond acceptors (Lipinski definition) is 4. The van der Waals surface area contributed by atoms with Gasteiger partial charge in [-0.25, -0.2) is 4.79 Å². The molecule has 0 unspecified atom stereocenters. The normalized spacial score (nSPS) is 10.1. The summed E-state index contributed by atoms with van der Waals surface area (Å²) in [7, 11) is 0. The standard InChI is InChI=1S/C15H25NO4S/c1-12(15(19)20)11-14(18)16-9-7-5-3-4-6-8-10-21-13(2)17/h1,3-11H2,2H3,(H,16,18)(H,19,20). The first-order valence-corrected chi connectivity index (χ1v) is 8.23. The lowest BCUT2D eigenvalue weighted by molar-refractivity contribution is -0.134. The lowest BCUT2D eigenvalue weighted by atomic mass is 10.1. The number of carboxylic acids is 1. The molecule has 120 valence electrons. The fourth-order valence-electron chi connectivity index (χ4n) is 1.71. The Hall–Kier alpha value is -1.30. The molecule has 0 aliphatic carbocycles. The number of aliphatic carboxylic acids is 1. The van der Waals surface area contributed by atoms with E-state index in [9.17, 15) is 14.4 Å². The zero-order valence-electron chi connectivity index (χ0n) is 12.7. The summed E-state index contributed by atoms with van der Waals surface area (Å²) in [6, 6.07) is 0. The Morgan fingerprint density at radius 1 is 1.05 bits per heavy atom. The van der Waals surface area contributed by atoms with E-state index in [1.807, 2.05) is 0 Å². The molecule has 2 N–H and O–H groups in total. The van der Waals surface area contributed by atoms with Gasteiger partial charge in [0.2, 0.25) is 5.91 Å². The van der Waals surface area contributed by atoms with E-state index in [2.05, 4.69) is 11.9 Å². The summed E-state index contributed by atoms with van der Waals surface area (Å²) in [5.74, 6) is -0.518. The third kappa shape index (κ3) is 13.4. The van der Waals surface area contributed by atoms with Crippen LogP contribution in [0.4, 0.5) is 0 Å². The third-order valence-electron chi connectivity index (χ3n) is 2.88. The summed E-state index contributed by atoms with van der Waals surface area (Å²) in [6.07, 6.45) is 6.24. The molecular formula is C15H25NO4S. The topological polar surface area (TPSA) is 83.5 Å². The fraction of sp³-hybridized carbons (Fsp3) is 0.667. The van der Waals surface area contributed by atoms with Gasteiger partial charge in [0.05, 0.1) is 6.42 Å². The second-order valence-electron chi connectivity index (χ2n) is 4.90. The van der Waals surface area contributed by atoms with E-state index < -0.39 is 5.97 Å². The van der Waals surface area contributed by atoms with Crippen molar-refractivity contribution in [3.05, 3.63) is 12.2 Å². The molecule has 0 fully saturated rings. The third-order valence-corrected chi connectivity index (χ3v) is 3.77. The number of rotatable bonds is 12. The van der Waals surface area contributed by atoms with Crippen LogP contribution in [0.3, 0.4) is 0 Å². The first-order valence-electron chi connectivity index (χ1n) is 7.24. The van der Waals surface area contributed by atoms with Gasteiger partial charge in [0.25, 0.3) is 0 Å². The molecule has 0 aromatic heterocycles. The molecule has 0 heterocycles. The average molecular weight is 315 g/mol. The Labute approximate surface area is 130 Å². The predicted molar refractivity (Wildman–Crippen MR) is 85.2 cm³/mol. The van der Waals surface area contributed by atoms with Gasteiger partial charge in [-0.1, -0.05) is 44.0 Å². The maximum absolute atomic E-state index is 11.4. The van der Waals surface area contributed by atoms with Gasteiger partial charge in [0, 0.05) is 24.8 Å². The SMILES string of the molecule is C=C(CC(=O)NCCCCCCCCSC(C)=O)C(=O)O. The molecule has 0 bridgehead atoms. The van der Waals surface area contributed by atoms with Crippen LogP contribution < -0.4 is 5.32 Å². The first-order chi connectivity index (χ1) is 9.93. The van der Waals surface area contributed by atoms with Crippen LogP contribution in [0.1, 0.15) is 51.9 Å². The van der Waals surface area contributed by atoms with Crippen molar-refractivity contribution < 1.29 is 19.5 Å². The predicted octanol–water partition coefficient (Wildman–Crippen LogP) is 2.75. The molecule has 6 heteroatoms. The van der Waals surface area contributed by atoms with E-state index in [0.717, 1.165) is 44.3 Å². The molecule has 1 amide bonds. The summed E-state index contributed by atoms with van der Waals surface area (Å²) < 4.78 is 0. The second-order valence-corrected chi connectivity index (χ2v) is 6.17. The van der Waals surface area contributed by atoms with Gasteiger partial charge in [-0.15, -0.1) is 0 Å². The molecule has 0 radical (unpaired) electrons. The molecule has 0 aliphatic heterocycles. The van der Waals surface area contributed by atoms with Crippen molar-refractivity contribution in [1.82, 2.24) is 5.32 Å². The first kappa shape index (κ1) is 19.7. The summed E-state index contributed by atoms with van der Waals surface area (Å²) in [5, 5.41) is 11.5. The van der Waals surface area contributed by atoms with Crippen LogP contribution in [-0.2, 0) is 14.4 Å². The maximum atomic E-state index is 11.4. The van der Waals surface area contributed by atoms with Crippen molar-refractivity contribution in [2.24, 2.45) is 0 Å². The van der Waals surface area contributed by atoms with Gasteiger partial charge >= 0.3 is 5.97 Å². The number of amides is 1. The minimum Gasteiger partial charge on any atom is -0.478 e. The van der Waals surface area contributed by atoms with Crippen molar-refractivity contribution in [1.29, 1.82) is 0 Å². The van der Waals surface area contributed by atoms with Crippen molar-refractivity contribution in [2.45, 2.75) is 51.9 Å². The number of thioether (sulfide) groups is 1. The van der Waals surface area contributed by atoms with Crippen LogP contribution in [0.5, 0.6) is 0 Å². The van der Waals surface area contributed by atoms with Gasteiger partial charge in [0.15, 0.2) is 5.12 Å². The Balaban J connectivity index is 3.32. The van der Waals surface area contributed by atoms with Gasteiger partial charge in [-0.05, 0) is 12.8 Å². The van der Waals surface area contributed by atoms with Crippen LogP contribution in [-0.4, -0.2) is 34.4 Å². The zero-order chi connectivity index (χ0) is 16.1. The molecule has 0 saturated heterocycles. The van der Waals surface area contributed by atoms with Gasteiger partial charge in [0.1, 0.15) is 0 Å². The Morgan fingerprint density at radius 2 is 1.62 bits per heavy atom. The maximum Gasteiger partial charge on any atom is 0.331 e. The van der Waals surface area contributed by atoms with Crippen LogP contribution in [0.15, 0.2) is 12.2 Å². The number of nitrogens with one attached hydrogen (secondary N) is 1. The lowest BCUT2D eigenvalue weighted by Crippen LogP contribution is -2.25. The average Bonchev–Trinajstić information content (AvgIpc) is 2.40. The Kier molecular flexibility index (Phi) is 11.7. The minimum atomic E-state index is -1.13. The zero-order valence-corrected chi connectivity index (χ0v) is 13.5. The van der Waals surface area contributed by atoms with E-state index in [1.54, 1.807) is 6.92 Å². The quantitative estimate of drug-likeness (QED) is 0.427. The molecular weight excluding hydrogens is 290 g/mol. The number of hydrogen-bond donors (Lipinski definition) is 2. The molecule has 0 aromatic rings. The highest BCUT2D eigenvalue weighted by molar-refractivity contribution is 8.13. The number of carbonyl (C=O) groups excluding carboxylic acids is 2. The highest BCUT2D eigenvalue weighted by atomic mass is 32.2. The molecule has 0 aliphatic rings. The number of carboxylic acid groups (broad SMARTS) is 1. The highest BCUT2D eigenvalue weighted by Crippen LogP contribution is 2.10. The number of unbranched alkanes of at least 4 members (excludes halogenated alkanes) is 5. The molecule has 0 saturated carbocycles. The van der Waals surface area contributed by atoms with Gasteiger partial charge in [-0.3, -0.25) is 9.59 Å². The summed E-state index contributed by atoms with van der Waals surface area (Å²) in [4.78, 5) is 32.6. The Bertz CT molecular complexity index is 369. The second kappa shape index (κ2) is 12.4. The fourth-order valence-corrected chi connectivity index (χ4v) is 2.35. The monoisotopic (exact) mass is 315 g/mol. The van der Waals surface area contributed by atoms with E-state index in [-0.39, 0.29) is 23.0 Å². The molecule has 21 heavy (non-hydrogen) atoms. The summed E-state index contributed by atoms with van der Waals surface area (Å²) in [6.45, 7) is 5.48. The molecule has 0 aromatic carbocycles. The summed E-state index contributed by atoms with van der Waals surface area (Å²) in [5.41, 5.74) is -0.0871. The van der Waals surface area contributed by atoms with Crippen molar-refractivity contribution >= 4 is 28.8 Å².